The number of methoxy groups -OCH3 is 1. The van der Waals surface area contributed by atoms with E-state index in [4.69, 9.17) is 0 Å². The number of carbonyl (C=O) groups is 1. The molecule has 1 fully saturated rings. The third-order valence-electron chi connectivity index (χ3n) is 2.63. The number of likely N-dealkylation sites (tertiary alicyclic amines) is 1. The summed E-state index contributed by atoms with van der Waals surface area (Å²) in [5.41, 5.74) is 0. The maximum Gasteiger partial charge on any atom is 0.409 e. The van der Waals surface area contributed by atoms with E-state index < -0.39 is 6.10 Å². The fraction of sp³-hybridized carbons (Fsp3) is 0.900. The van der Waals surface area contributed by atoms with Gasteiger partial charge in [0, 0.05) is 6.54 Å². The third kappa shape index (κ3) is 2.38. The Morgan fingerprint density at radius 3 is 2.79 bits per heavy atom. The van der Waals surface area contributed by atoms with Crippen molar-refractivity contribution in [2.24, 2.45) is 5.92 Å². The normalized spacial score (nSPS) is 27.1. The molecule has 1 saturated heterocycles. The van der Waals surface area contributed by atoms with Crippen LogP contribution in [0.4, 0.5) is 4.79 Å². The van der Waals surface area contributed by atoms with Crippen LogP contribution in [-0.4, -0.2) is 41.9 Å². The van der Waals surface area contributed by atoms with Crippen LogP contribution in [0.5, 0.6) is 0 Å². The lowest BCUT2D eigenvalue weighted by Gasteiger charge is -2.26. The van der Waals surface area contributed by atoms with Crippen molar-refractivity contribution < 1.29 is 14.6 Å². The van der Waals surface area contributed by atoms with Crippen LogP contribution < -0.4 is 0 Å². The number of aliphatic hydroxyl groups is 1. The maximum absolute atomic E-state index is 11.3. The van der Waals surface area contributed by atoms with Crippen LogP contribution in [0.25, 0.3) is 0 Å². The summed E-state index contributed by atoms with van der Waals surface area (Å²) in [6.45, 7) is 4.77. The van der Waals surface area contributed by atoms with Gasteiger partial charge in [0.1, 0.15) is 0 Å². The number of amides is 1. The smallest absolute Gasteiger partial charge is 0.409 e. The second-order valence-electron chi connectivity index (χ2n) is 4.22. The molecule has 2 atom stereocenters. The molecule has 0 saturated carbocycles. The Hall–Kier alpha value is -0.770. The molecule has 1 N–H and O–H groups in total. The molecule has 0 aromatic heterocycles. The second-order valence-corrected chi connectivity index (χ2v) is 4.22. The molecule has 0 spiro atoms. The first-order valence-corrected chi connectivity index (χ1v) is 5.09. The zero-order valence-corrected chi connectivity index (χ0v) is 9.06. The monoisotopic (exact) mass is 201 g/mol. The highest BCUT2D eigenvalue weighted by Gasteiger charge is 2.36. The van der Waals surface area contributed by atoms with Gasteiger partial charge in [0.25, 0.3) is 0 Å². The van der Waals surface area contributed by atoms with E-state index in [1.807, 2.05) is 0 Å². The predicted molar refractivity (Wildman–Crippen MR) is 53.0 cm³/mol. The van der Waals surface area contributed by atoms with Gasteiger partial charge in [-0.3, -0.25) is 0 Å². The molecule has 1 rings (SSSR count). The van der Waals surface area contributed by atoms with Crippen molar-refractivity contribution in [3.8, 4) is 0 Å². The van der Waals surface area contributed by atoms with E-state index in [2.05, 4.69) is 18.6 Å². The minimum Gasteiger partial charge on any atom is -0.453 e. The van der Waals surface area contributed by atoms with Crippen molar-refractivity contribution in [3.63, 3.8) is 0 Å². The third-order valence-corrected chi connectivity index (χ3v) is 2.63. The van der Waals surface area contributed by atoms with Gasteiger partial charge in [0.15, 0.2) is 0 Å². The lowest BCUT2D eigenvalue weighted by molar-refractivity contribution is 0.0803. The average Bonchev–Trinajstić information content (AvgIpc) is 2.46. The molecule has 1 aliphatic heterocycles. The first kappa shape index (κ1) is 11.3. The number of rotatable bonds is 2. The minimum atomic E-state index is -0.392. The van der Waals surface area contributed by atoms with Gasteiger partial charge in [-0.05, 0) is 18.8 Å². The molecule has 0 aromatic rings. The van der Waals surface area contributed by atoms with Gasteiger partial charge in [0.05, 0.1) is 19.3 Å². The van der Waals surface area contributed by atoms with Gasteiger partial charge in [-0.15, -0.1) is 0 Å². The number of ether oxygens (including phenoxy) is 1. The van der Waals surface area contributed by atoms with Crippen LogP contribution in [-0.2, 0) is 4.74 Å². The molecule has 2 unspecified atom stereocenters. The van der Waals surface area contributed by atoms with Crippen LogP contribution in [0.2, 0.25) is 0 Å². The van der Waals surface area contributed by atoms with Gasteiger partial charge in [-0.25, -0.2) is 4.79 Å². The highest BCUT2D eigenvalue weighted by atomic mass is 16.5. The van der Waals surface area contributed by atoms with Crippen molar-refractivity contribution in [2.75, 3.05) is 13.7 Å². The van der Waals surface area contributed by atoms with Gasteiger partial charge >= 0.3 is 6.09 Å². The molecule has 82 valence electrons. The van der Waals surface area contributed by atoms with Crippen molar-refractivity contribution in [2.45, 2.75) is 38.8 Å². The second kappa shape index (κ2) is 4.64. The van der Waals surface area contributed by atoms with E-state index in [0.717, 1.165) is 6.42 Å². The van der Waals surface area contributed by atoms with Gasteiger partial charge < -0.3 is 14.7 Å². The Balaban J connectivity index is 2.61. The number of aliphatic hydroxyl groups excluding tert-OH is 1. The van der Waals surface area contributed by atoms with Crippen LogP contribution in [0.1, 0.15) is 26.7 Å². The van der Waals surface area contributed by atoms with Gasteiger partial charge in [-0.2, -0.15) is 0 Å². The average molecular weight is 201 g/mol. The molecule has 4 nitrogen and oxygen atoms in total. The molecular formula is C10H19NO3. The molecule has 0 aliphatic carbocycles. The summed E-state index contributed by atoms with van der Waals surface area (Å²) < 4.78 is 4.67. The molecule has 4 heteroatoms. The summed E-state index contributed by atoms with van der Waals surface area (Å²) in [5, 5.41) is 9.70. The summed E-state index contributed by atoms with van der Waals surface area (Å²) >= 11 is 0. The van der Waals surface area contributed by atoms with E-state index >= 15 is 0 Å². The number of hydrogen-bond acceptors (Lipinski definition) is 3. The first-order chi connectivity index (χ1) is 6.56. The van der Waals surface area contributed by atoms with E-state index in [1.165, 1.54) is 7.11 Å². The molecular weight excluding hydrogens is 182 g/mol. The Kier molecular flexibility index (Phi) is 3.75. The number of hydrogen-bond donors (Lipinski definition) is 1. The minimum absolute atomic E-state index is 0.0672. The summed E-state index contributed by atoms with van der Waals surface area (Å²) in [5.74, 6) is 0.472. The lowest BCUT2D eigenvalue weighted by Crippen LogP contribution is -2.40. The van der Waals surface area contributed by atoms with Crippen LogP contribution >= 0.6 is 0 Å². The van der Waals surface area contributed by atoms with Crippen molar-refractivity contribution in [3.05, 3.63) is 0 Å². The standard InChI is InChI=1S/C10H19NO3/c1-7(2)6-8-9(12)4-5-11(8)10(13)14-3/h7-9,12H,4-6H2,1-3H3. The maximum atomic E-state index is 11.3. The largest absolute Gasteiger partial charge is 0.453 e. The van der Waals surface area contributed by atoms with Gasteiger partial charge in [0.2, 0.25) is 0 Å². The van der Waals surface area contributed by atoms with E-state index in [-0.39, 0.29) is 12.1 Å². The summed E-state index contributed by atoms with van der Waals surface area (Å²) in [4.78, 5) is 13.0. The highest BCUT2D eigenvalue weighted by molar-refractivity contribution is 5.68. The molecule has 14 heavy (non-hydrogen) atoms. The molecule has 0 aromatic carbocycles. The fourth-order valence-electron chi connectivity index (χ4n) is 1.95. The van der Waals surface area contributed by atoms with Crippen LogP contribution in [0, 0.1) is 5.92 Å². The highest BCUT2D eigenvalue weighted by Crippen LogP contribution is 2.24. The predicted octanol–water partition coefficient (Wildman–Crippen LogP) is 1.23. The Labute approximate surface area is 84.8 Å². The van der Waals surface area contributed by atoms with Crippen molar-refractivity contribution in [1.82, 2.24) is 4.90 Å². The molecule has 1 aliphatic rings. The Morgan fingerprint density at radius 2 is 2.29 bits per heavy atom. The van der Waals surface area contributed by atoms with Crippen LogP contribution in [0.3, 0.4) is 0 Å². The van der Waals surface area contributed by atoms with Crippen molar-refractivity contribution >= 4 is 6.09 Å². The summed E-state index contributed by atoms with van der Waals surface area (Å²) in [7, 11) is 1.37. The van der Waals surface area contributed by atoms with E-state index in [9.17, 15) is 9.90 Å². The zero-order chi connectivity index (χ0) is 10.7. The summed E-state index contributed by atoms with van der Waals surface area (Å²) in [6.07, 6.45) is 0.770. The number of carbonyl (C=O) groups excluding carboxylic acids is 1. The van der Waals surface area contributed by atoms with Crippen LogP contribution in [0.15, 0.2) is 0 Å². The molecule has 1 amide bonds. The molecule has 0 bridgehead atoms. The molecule has 0 radical (unpaired) electrons. The fourth-order valence-corrected chi connectivity index (χ4v) is 1.95. The quantitative estimate of drug-likeness (QED) is 0.731. The summed E-state index contributed by atoms with van der Waals surface area (Å²) in [6, 6.07) is -0.0672. The Morgan fingerprint density at radius 1 is 1.64 bits per heavy atom. The number of nitrogens with zero attached hydrogens (tertiary/aromatic N) is 1. The molecule has 1 heterocycles. The zero-order valence-electron chi connectivity index (χ0n) is 9.06. The first-order valence-electron chi connectivity index (χ1n) is 5.09. The van der Waals surface area contributed by atoms with E-state index in [1.54, 1.807) is 4.90 Å². The van der Waals surface area contributed by atoms with Crippen molar-refractivity contribution in [1.29, 1.82) is 0 Å². The topological polar surface area (TPSA) is 49.8 Å². The SMILES string of the molecule is COC(=O)N1CCC(O)C1CC(C)C. The van der Waals surface area contributed by atoms with E-state index in [0.29, 0.717) is 18.9 Å². The van der Waals surface area contributed by atoms with Gasteiger partial charge in [-0.1, -0.05) is 13.8 Å². The lowest BCUT2D eigenvalue weighted by atomic mass is 10.0. The Bertz CT molecular complexity index is 206.